The number of hydrogen-bond acceptors (Lipinski definition) is 4. The van der Waals surface area contributed by atoms with Gasteiger partial charge in [0.05, 0.1) is 13.1 Å². The summed E-state index contributed by atoms with van der Waals surface area (Å²) in [5, 5.41) is 8.68. The van der Waals surface area contributed by atoms with Gasteiger partial charge in [0.1, 0.15) is 6.54 Å². The Hall–Kier alpha value is -2.37. The largest absolute Gasteiger partial charge is 0.480 e. The van der Waals surface area contributed by atoms with Crippen molar-refractivity contribution in [2.24, 2.45) is 0 Å². The molecule has 0 aliphatic carbocycles. The van der Waals surface area contributed by atoms with Gasteiger partial charge in [-0.15, -0.1) is 0 Å². The standard InChI is InChI=1S/C14H16N2O4/c1-2-10-3-5-11(6-4-10)15-7-12(17)16(9-14(19)20)13(18)8-15/h3-6H,2,7-9H2,1H3,(H,19,20). The van der Waals surface area contributed by atoms with Gasteiger partial charge in [-0.3, -0.25) is 19.3 Å². The molecule has 1 aromatic rings. The highest BCUT2D eigenvalue weighted by Gasteiger charge is 2.32. The van der Waals surface area contributed by atoms with Crippen molar-refractivity contribution >= 4 is 23.5 Å². The lowest BCUT2D eigenvalue weighted by molar-refractivity contribution is -0.153. The van der Waals surface area contributed by atoms with Crippen molar-refractivity contribution in [2.45, 2.75) is 13.3 Å². The summed E-state index contributed by atoms with van der Waals surface area (Å²) >= 11 is 0. The highest BCUT2D eigenvalue weighted by Crippen LogP contribution is 2.18. The molecule has 0 bridgehead atoms. The molecule has 2 amide bonds. The van der Waals surface area contributed by atoms with Gasteiger partial charge in [0.15, 0.2) is 0 Å². The van der Waals surface area contributed by atoms with Gasteiger partial charge in [-0.1, -0.05) is 19.1 Å². The zero-order chi connectivity index (χ0) is 14.7. The molecule has 0 aromatic heterocycles. The maximum absolute atomic E-state index is 11.8. The summed E-state index contributed by atoms with van der Waals surface area (Å²) in [4.78, 5) is 36.8. The van der Waals surface area contributed by atoms with Gasteiger partial charge >= 0.3 is 5.97 Å². The number of rotatable bonds is 4. The number of benzene rings is 1. The van der Waals surface area contributed by atoms with Crippen LogP contribution in [0.15, 0.2) is 24.3 Å². The Bertz CT molecular complexity index is 521. The van der Waals surface area contributed by atoms with Gasteiger partial charge in [0, 0.05) is 5.69 Å². The number of carbonyl (C=O) groups excluding carboxylic acids is 2. The fourth-order valence-electron chi connectivity index (χ4n) is 2.13. The van der Waals surface area contributed by atoms with Crippen LogP contribution in [0.5, 0.6) is 0 Å². The van der Waals surface area contributed by atoms with E-state index in [1.807, 2.05) is 31.2 Å². The molecule has 0 atom stereocenters. The van der Waals surface area contributed by atoms with Gasteiger partial charge < -0.3 is 10.0 Å². The Labute approximate surface area is 116 Å². The zero-order valence-corrected chi connectivity index (χ0v) is 11.2. The van der Waals surface area contributed by atoms with Crippen molar-refractivity contribution in [3.8, 4) is 0 Å². The fourth-order valence-corrected chi connectivity index (χ4v) is 2.13. The molecule has 1 N–H and O–H groups in total. The van der Waals surface area contributed by atoms with Crippen LogP contribution < -0.4 is 4.90 Å². The van der Waals surface area contributed by atoms with E-state index in [1.165, 1.54) is 5.56 Å². The minimum atomic E-state index is -1.19. The highest BCUT2D eigenvalue weighted by molar-refractivity contribution is 6.04. The van der Waals surface area contributed by atoms with Crippen LogP contribution in [0.2, 0.25) is 0 Å². The quantitative estimate of drug-likeness (QED) is 0.811. The number of aryl methyl sites for hydroxylation is 1. The number of aliphatic carboxylic acids is 1. The highest BCUT2D eigenvalue weighted by atomic mass is 16.4. The number of hydrogen-bond donors (Lipinski definition) is 1. The molecule has 0 saturated carbocycles. The van der Waals surface area contributed by atoms with E-state index in [4.69, 9.17) is 5.11 Å². The molecule has 1 aliphatic heterocycles. The summed E-state index contributed by atoms with van der Waals surface area (Å²) in [6.07, 6.45) is 0.921. The minimum Gasteiger partial charge on any atom is -0.480 e. The number of amides is 2. The van der Waals surface area contributed by atoms with E-state index in [9.17, 15) is 14.4 Å². The molecule has 1 aromatic carbocycles. The number of nitrogens with zero attached hydrogens (tertiary/aromatic N) is 2. The van der Waals surface area contributed by atoms with Crippen molar-refractivity contribution < 1.29 is 19.5 Å². The maximum Gasteiger partial charge on any atom is 0.323 e. The summed E-state index contributed by atoms with van der Waals surface area (Å²) in [6.45, 7) is 1.52. The van der Waals surface area contributed by atoms with Crippen LogP contribution in [0.25, 0.3) is 0 Å². The number of imide groups is 1. The number of anilines is 1. The third-order valence-electron chi connectivity index (χ3n) is 3.26. The number of piperazine rings is 1. The van der Waals surface area contributed by atoms with Crippen LogP contribution in [0, 0.1) is 0 Å². The number of carboxylic acid groups (broad SMARTS) is 1. The molecule has 0 spiro atoms. The van der Waals surface area contributed by atoms with E-state index in [0.717, 1.165) is 17.0 Å². The summed E-state index contributed by atoms with van der Waals surface area (Å²) in [6, 6.07) is 7.64. The van der Waals surface area contributed by atoms with Gasteiger partial charge in [-0.2, -0.15) is 0 Å². The Morgan fingerprint density at radius 3 is 2.15 bits per heavy atom. The molecule has 1 heterocycles. The van der Waals surface area contributed by atoms with Crippen LogP contribution in [0.1, 0.15) is 12.5 Å². The summed E-state index contributed by atoms with van der Waals surface area (Å²) < 4.78 is 0. The lowest BCUT2D eigenvalue weighted by Crippen LogP contribution is -2.55. The van der Waals surface area contributed by atoms with Crippen molar-refractivity contribution in [1.29, 1.82) is 0 Å². The summed E-state index contributed by atoms with van der Waals surface area (Å²) in [5.74, 6) is -2.15. The number of carbonyl (C=O) groups is 3. The first kappa shape index (κ1) is 14.0. The maximum atomic E-state index is 11.8. The third-order valence-corrected chi connectivity index (χ3v) is 3.26. The van der Waals surface area contributed by atoms with E-state index in [-0.39, 0.29) is 13.1 Å². The second-order valence-corrected chi connectivity index (χ2v) is 4.64. The monoisotopic (exact) mass is 276 g/mol. The molecule has 20 heavy (non-hydrogen) atoms. The van der Waals surface area contributed by atoms with Gasteiger partial charge in [0.2, 0.25) is 11.8 Å². The Balaban J connectivity index is 2.11. The van der Waals surface area contributed by atoms with Gasteiger partial charge in [-0.25, -0.2) is 0 Å². The third kappa shape index (κ3) is 2.96. The van der Waals surface area contributed by atoms with E-state index < -0.39 is 24.3 Å². The van der Waals surface area contributed by atoms with Crippen LogP contribution in [0.4, 0.5) is 5.69 Å². The average molecular weight is 276 g/mol. The van der Waals surface area contributed by atoms with Crippen LogP contribution in [0.3, 0.4) is 0 Å². The Kier molecular flexibility index (Phi) is 4.02. The summed E-state index contributed by atoms with van der Waals surface area (Å²) in [5.41, 5.74) is 1.97. The molecule has 1 aliphatic rings. The molecular formula is C14H16N2O4. The SMILES string of the molecule is CCc1ccc(N2CC(=O)N(CC(=O)O)C(=O)C2)cc1. The average Bonchev–Trinajstić information content (AvgIpc) is 2.42. The first-order valence-corrected chi connectivity index (χ1v) is 6.40. The lowest BCUT2D eigenvalue weighted by Gasteiger charge is -2.33. The Morgan fingerprint density at radius 2 is 1.70 bits per heavy atom. The Morgan fingerprint density at radius 1 is 1.15 bits per heavy atom. The van der Waals surface area contributed by atoms with E-state index in [0.29, 0.717) is 0 Å². The molecule has 6 heteroatoms. The first-order valence-electron chi connectivity index (χ1n) is 6.40. The fraction of sp³-hybridized carbons (Fsp3) is 0.357. The van der Waals surface area contributed by atoms with Crippen molar-refractivity contribution in [3.05, 3.63) is 29.8 Å². The van der Waals surface area contributed by atoms with Crippen LogP contribution in [-0.2, 0) is 20.8 Å². The molecule has 6 nitrogen and oxygen atoms in total. The number of carboxylic acids is 1. The molecule has 0 unspecified atom stereocenters. The zero-order valence-electron chi connectivity index (χ0n) is 11.2. The second kappa shape index (κ2) is 5.73. The first-order chi connectivity index (χ1) is 9.51. The molecule has 2 rings (SSSR count). The predicted octanol–water partition coefficient (Wildman–Crippen LogP) is 0.509. The van der Waals surface area contributed by atoms with Gasteiger partial charge in [-0.05, 0) is 24.1 Å². The molecular weight excluding hydrogens is 260 g/mol. The molecule has 106 valence electrons. The van der Waals surface area contributed by atoms with E-state index >= 15 is 0 Å². The van der Waals surface area contributed by atoms with Crippen LogP contribution >= 0.6 is 0 Å². The molecule has 1 saturated heterocycles. The molecule has 1 fully saturated rings. The van der Waals surface area contributed by atoms with Crippen molar-refractivity contribution in [1.82, 2.24) is 4.90 Å². The van der Waals surface area contributed by atoms with Crippen molar-refractivity contribution in [3.63, 3.8) is 0 Å². The van der Waals surface area contributed by atoms with Crippen LogP contribution in [-0.4, -0.2) is 47.4 Å². The lowest BCUT2D eigenvalue weighted by atomic mass is 10.1. The summed E-state index contributed by atoms with van der Waals surface area (Å²) in [7, 11) is 0. The molecule has 0 radical (unpaired) electrons. The normalized spacial score (nSPS) is 15.7. The predicted molar refractivity (Wildman–Crippen MR) is 72.4 cm³/mol. The van der Waals surface area contributed by atoms with E-state index in [1.54, 1.807) is 4.90 Å². The van der Waals surface area contributed by atoms with Crippen molar-refractivity contribution in [2.75, 3.05) is 24.5 Å². The topological polar surface area (TPSA) is 77.9 Å². The van der Waals surface area contributed by atoms with Gasteiger partial charge in [0.25, 0.3) is 0 Å². The minimum absolute atomic E-state index is 0.0183. The second-order valence-electron chi connectivity index (χ2n) is 4.64. The smallest absolute Gasteiger partial charge is 0.323 e. The van der Waals surface area contributed by atoms with E-state index in [2.05, 4.69) is 0 Å².